The summed E-state index contributed by atoms with van der Waals surface area (Å²) >= 11 is 0. The molecule has 1 fully saturated rings. The fourth-order valence-corrected chi connectivity index (χ4v) is 2.17. The van der Waals surface area contributed by atoms with Crippen LogP contribution < -0.4 is 5.73 Å². The zero-order valence-electron chi connectivity index (χ0n) is 16.0. The molecule has 161 valence electrons. The van der Waals surface area contributed by atoms with Gasteiger partial charge >= 0.3 is 0 Å². The number of ether oxygens (including phenoxy) is 1. The summed E-state index contributed by atoms with van der Waals surface area (Å²) in [4.78, 5) is 11.9. The van der Waals surface area contributed by atoms with Crippen LogP contribution in [0, 0.1) is 0 Å². The molecule has 1 aliphatic heterocycles. The average molecular weight is 444 g/mol. The van der Waals surface area contributed by atoms with E-state index in [1.54, 1.807) is 27.7 Å². The Bertz CT molecular complexity index is 763. The summed E-state index contributed by atoms with van der Waals surface area (Å²) in [5.74, 6) is 0.218. The molecule has 4 atom stereocenters. The molecule has 3 heterocycles. The van der Waals surface area contributed by atoms with Gasteiger partial charge in [0.15, 0.2) is 17.7 Å². The van der Waals surface area contributed by atoms with Crippen LogP contribution in [0.2, 0.25) is 0 Å². The number of hydrogen-bond donors (Lipinski definition) is 6. The maximum atomic E-state index is 9.95. The van der Waals surface area contributed by atoms with Crippen LogP contribution in [0.25, 0.3) is 11.2 Å². The number of rotatable bonds is 3. The molecular formula is C16H27CoN5O6. The van der Waals surface area contributed by atoms with Crippen LogP contribution in [0.4, 0.5) is 5.82 Å². The first kappa shape index (κ1) is 24.7. The van der Waals surface area contributed by atoms with Gasteiger partial charge in [0, 0.05) is 16.8 Å². The fraction of sp³-hybridized carbons (Fsp3) is 0.688. The largest absolute Gasteiger partial charge is 0.394 e. The number of hydrogen-bond acceptors (Lipinski definition) is 10. The minimum Gasteiger partial charge on any atom is -0.394 e. The molecule has 0 aromatic carbocycles. The summed E-state index contributed by atoms with van der Waals surface area (Å²) in [6.45, 7) is 5.92. The molecule has 0 spiro atoms. The van der Waals surface area contributed by atoms with Crippen LogP contribution in [0.5, 0.6) is 0 Å². The molecule has 0 amide bonds. The predicted molar refractivity (Wildman–Crippen MR) is 95.3 cm³/mol. The molecule has 2 aromatic rings. The van der Waals surface area contributed by atoms with E-state index in [4.69, 9.17) is 25.8 Å². The van der Waals surface area contributed by atoms with Gasteiger partial charge in [-0.25, -0.2) is 15.0 Å². The Morgan fingerprint density at radius 3 is 2.11 bits per heavy atom. The van der Waals surface area contributed by atoms with E-state index in [0.717, 1.165) is 0 Å². The molecule has 1 radical (unpaired) electrons. The molecule has 2 aromatic heterocycles. The standard InChI is InChI=1S/C10H13N5O4.C6H14O2.Co/c11-8-5-9(13-2-12-8)15(3-14-5)10-7(18)6(17)4(1-16)19-10;1-5(2,7)6(3,4)8;/h2-4,6-7,10,16-18H,1H2,(H2,11,12,13);7-8H,1-4H3;/t4-,6-,7-,10-;;/m1../s1. The van der Waals surface area contributed by atoms with Crippen LogP contribution in [-0.4, -0.2) is 81.2 Å². The maximum Gasteiger partial charge on any atom is 0.167 e. The Morgan fingerprint density at radius 1 is 1.07 bits per heavy atom. The van der Waals surface area contributed by atoms with E-state index in [1.165, 1.54) is 17.2 Å². The quantitative estimate of drug-likeness (QED) is 0.328. The van der Waals surface area contributed by atoms with Crippen molar-refractivity contribution >= 4 is 17.0 Å². The van der Waals surface area contributed by atoms with Gasteiger partial charge in [-0.15, -0.1) is 0 Å². The Balaban J connectivity index is 0.000000376. The molecule has 28 heavy (non-hydrogen) atoms. The number of aliphatic hydroxyl groups excluding tert-OH is 3. The van der Waals surface area contributed by atoms with Crippen molar-refractivity contribution in [3.05, 3.63) is 12.7 Å². The molecule has 12 heteroatoms. The second-order valence-corrected chi connectivity index (χ2v) is 7.43. The van der Waals surface area contributed by atoms with Gasteiger partial charge in [-0.05, 0) is 27.7 Å². The summed E-state index contributed by atoms with van der Waals surface area (Å²) in [6.07, 6.45) is -1.42. The topological polar surface area (TPSA) is 180 Å². The molecule has 1 saturated heterocycles. The molecule has 0 aliphatic carbocycles. The van der Waals surface area contributed by atoms with E-state index in [1.807, 2.05) is 0 Å². The minimum absolute atomic E-state index is 0. The van der Waals surface area contributed by atoms with Crippen molar-refractivity contribution < 1.29 is 47.0 Å². The van der Waals surface area contributed by atoms with Crippen LogP contribution in [0.15, 0.2) is 12.7 Å². The van der Waals surface area contributed by atoms with Crippen LogP contribution >= 0.6 is 0 Å². The third kappa shape index (κ3) is 4.96. The van der Waals surface area contributed by atoms with Gasteiger partial charge in [-0.1, -0.05) is 0 Å². The zero-order chi connectivity index (χ0) is 20.6. The molecule has 7 N–H and O–H groups in total. The summed E-state index contributed by atoms with van der Waals surface area (Å²) < 4.78 is 6.85. The maximum absolute atomic E-state index is 9.95. The van der Waals surface area contributed by atoms with Gasteiger partial charge < -0.3 is 36.0 Å². The number of fused-ring (bicyclic) bond motifs is 1. The number of anilines is 1. The minimum atomic E-state index is -1.19. The number of nitrogen functional groups attached to an aromatic ring is 1. The molecule has 0 bridgehead atoms. The van der Waals surface area contributed by atoms with E-state index < -0.39 is 42.3 Å². The second-order valence-electron chi connectivity index (χ2n) is 7.43. The molecule has 1 aliphatic rings. The van der Waals surface area contributed by atoms with Crippen LogP contribution in [0.3, 0.4) is 0 Å². The predicted octanol–water partition coefficient (Wildman–Crippen LogP) is -1.45. The van der Waals surface area contributed by atoms with Crippen LogP contribution in [-0.2, 0) is 21.5 Å². The van der Waals surface area contributed by atoms with Gasteiger partial charge in [0.2, 0.25) is 0 Å². The van der Waals surface area contributed by atoms with E-state index in [0.29, 0.717) is 11.2 Å². The smallest absolute Gasteiger partial charge is 0.167 e. The summed E-state index contributed by atoms with van der Waals surface area (Å²) in [5.41, 5.74) is 4.43. The summed E-state index contributed by atoms with van der Waals surface area (Å²) in [7, 11) is 0. The van der Waals surface area contributed by atoms with Gasteiger partial charge in [-0.3, -0.25) is 4.57 Å². The SMILES string of the molecule is CC(C)(O)C(C)(C)O.Nc1ncnc2c1ncn2[C@@H]1O[C@H](CO)[C@@H](O)[C@H]1O.[Co]. The fourth-order valence-electron chi connectivity index (χ4n) is 2.17. The van der Waals surface area contributed by atoms with E-state index in [-0.39, 0.29) is 22.6 Å². The second kappa shape index (κ2) is 8.96. The molecule has 0 saturated carbocycles. The Labute approximate surface area is 172 Å². The Kier molecular flexibility index (Phi) is 7.89. The van der Waals surface area contributed by atoms with Crippen molar-refractivity contribution in [2.24, 2.45) is 0 Å². The third-order valence-electron chi connectivity index (χ3n) is 4.68. The first-order valence-corrected chi connectivity index (χ1v) is 8.38. The monoisotopic (exact) mass is 444 g/mol. The first-order chi connectivity index (χ1) is 12.4. The van der Waals surface area contributed by atoms with Crippen molar-refractivity contribution in [3.63, 3.8) is 0 Å². The molecule has 3 rings (SSSR count). The van der Waals surface area contributed by atoms with Gasteiger partial charge in [0.05, 0.1) is 24.1 Å². The normalized spacial score (nSPS) is 25.2. The molecule has 11 nitrogen and oxygen atoms in total. The van der Waals surface area contributed by atoms with Gasteiger partial charge in [0.1, 0.15) is 30.2 Å². The van der Waals surface area contributed by atoms with E-state index in [9.17, 15) is 10.2 Å². The molecule has 0 unspecified atom stereocenters. The number of imidazole rings is 1. The number of aromatic nitrogens is 4. The number of nitrogens with zero attached hydrogens (tertiary/aromatic N) is 4. The van der Waals surface area contributed by atoms with Crippen molar-refractivity contribution in [1.29, 1.82) is 0 Å². The third-order valence-corrected chi connectivity index (χ3v) is 4.68. The average Bonchev–Trinajstić information content (AvgIpc) is 3.10. The Morgan fingerprint density at radius 2 is 1.64 bits per heavy atom. The van der Waals surface area contributed by atoms with Crippen molar-refractivity contribution in [3.8, 4) is 0 Å². The van der Waals surface area contributed by atoms with E-state index in [2.05, 4.69) is 15.0 Å². The molecular weight excluding hydrogens is 417 g/mol. The van der Waals surface area contributed by atoms with Crippen molar-refractivity contribution in [2.45, 2.75) is 63.4 Å². The first-order valence-electron chi connectivity index (χ1n) is 8.38. The number of nitrogens with two attached hydrogens (primary N) is 1. The van der Waals surface area contributed by atoms with Crippen molar-refractivity contribution in [2.75, 3.05) is 12.3 Å². The zero-order valence-corrected chi connectivity index (χ0v) is 17.1. The van der Waals surface area contributed by atoms with E-state index >= 15 is 0 Å². The number of aliphatic hydroxyl groups is 5. The summed E-state index contributed by atoms with van der Waals surface area (Å²) in [5, 5.41) is 46.9. The van der Waals surface area contributed by atoms with Gasteiger partial charge in [-0.2, -0.15) is 0 Å². The van der Waals surface area contributed by atoms with Crippen molar-refractivity contribution in [1.82, 2.24) is 19.5 Å². The van der Waals surface area contributed by atoms with Gasteiger partial charge in [0.25, 0.3) is 0 Å². The van der Waals surface area contributed by atoms with Crippen LogP contribution in [0.1, 0.15) is 33.9 Å². The summed E-state index contributed by atoms with van der Waals surface area (Å²) in [6, 6.07) is 0. The Hall–Kier alpha value is -1.38.